The summed E-state index contributed by atoms with van der Waals surface area (Å²) in [6.45, 7) is 2.49. The highest BCUT2D eigenvalue weighted by Gasteiger charge is 2.34. The van der Waals surface area contributed by atoms with Crippen molar-refractivity contribution in [2.45, 2.75) is 56.4 Å². The first-order valence-corrected chi connectivity index (χ1v) is 7.31. The van der Waals surface area contributed by atoms with Crippen molar-refractivity contribution >= 4 is 17.7 Å². The average Bonchev–Trinajstić information content (AvgIpc) is 2.84. The summed E-state index contributed by atoms with van der Waals surface area (Å²) in [6, 6.07) is 1.03. The molecule has 0 radical (unpaired) electrons. The Morgan fingerprint density at radius 3 is 2.56 bits per heavy atom. The molecule has 0 aromatic rings. The topological polar surface area (TPSA) is 40.5 Å². The van der Waals surface area contributed by atoms with Crippen LogP contribution in [-0.4, -0.2) is 45.6 Å². The zero-order valence-corrected chi connectivity index (χ0v) is 10.7. The number of hydrogen-bond donors (Lipinski definition) is 1. The molecule has 2 rings (SSSR count). The minimum atomic E-state index is -0.670. The molecule has 2 unspecified atom stereocenters. The second-order valence-corrected chi connectivity index (χ2v) is 6.51. The van der Waals surface area contributed by atoms with Crippen LogP contribution >= 0.6 is 11.8 Å². The Kier molecular flexibility index (Phi) is 4.14. The van der Waals surface area contributed by atoms with Gasteiger partial charge in [-0.25, -0.2) is 0 Å². The number of aliphatic carboxylic acids is 1. The minimum absolute atomic E-state index is 0.239. The van der Waals surface area contributed by atoms with Crippen LogP contribution in [0.15, 0.2) is 0 Å². The van der Waals surface area contributed by atoms with E-state index in [1.54, 1.807) is 0 Å². The Balaban J connectivity index is 1.98. The number of rotatable bonds is 4. The van der Waals surface area contributed by atoms with Gasteiger partial charge in [0.25, 0.3) is 0 Å². The van der Waals surface area contributed by atoms with Gasteiger partial charge < -0.3 is 5.11 Å². The van der Waals surface area contributed by atoms with Crippen LogP contribution in [0.25, 0.3) is 0 Å². The summed E-state index contributed by atoms with van der Waals surface area (Å²) in [4.78, 5) is 13.2. The molecule has 16 heavy (non-hydrogen) atoms. The third-order valence-corrected chi connectivity index (χ3v) is 5.10. The summed E-state index contributed by atoms with van der Waals surface area (Å²) < 4.78 is 0. The molecule has 4 heteroatoms. The number of carboxylic acids is 1. The van der Waals surface area contributed by atoms with E-state index in [1.165, 1.54) is 25.7 Å². The van der Waals surface area contributed by atoms with Crippen molar-refractivity contribution < 1.29 is 9.90 Å². The SMILES string of the molecule is CC1CC(N(CC(=O)O)C2CCCC2)CS1. The van der Waals surface area contributed by atoms with Crippen LogP contribution in [0.2, 0.25) is 0 Å². The van der Waals surface area contributed by atoms with Crippen LogP contribution in [-0.2, 0) is 4.79 Å². The summed E-state index contributed by atoms with van der Waals surface area (Å²) >= 11 is 1.98. The molecule has 2 fully saturated rings. The second kappa shape index (κ2) is 5.41. The van der Waals surface area contributed by atoms with Gasteiger partial charge in [-0.05, 0) is 19.3 Å². The highest BCUT2D eigenvalue weighted by atomic mass is 32.2. The van der Waals surface area contributed by atoms with E-state index in [9.17, 15) is 4.79 Å². The number of hydrogen-bond acceptors (Lipinski definition) is 3. The van der Waals surface area contributed by atoms with Crippen LogP contribution in [0.5, 0.6) is 0 Å². The van der Waals surface area contributed by atoms with Gasteiger partial charge in [0.15, 0.2) is 0 Å². The standard InChI is InChI=1S/C12H21NO2S/c1-9-6-11(8-16-9)13(7-12(14)15)10-4-2-3-5-10/h9-11H,2-8H2,1H3,(H,14,15). The van der Waals surface area contributed by atoms with Gasteiger partial charge in [0.1, 0.15) is 0 Å². The lowest BCUT2D eigenvalue weighted by atomic mass is 10.1. The van der Waals surface area contributed by atoms with Gasteiger partial charge in [0.05, 0.1) is 6.54 Å². The van der Waals surface area contributed by atoms with E-state index in [4.69, 9.17) is 5.11 Å². The van der Waals surface area contributed by atoms with Gasteiger partial charge in [-0.2, -0.15) is 11.8 Å². The number of thioether (sulfide) groups is 1. The third kappa shape index (κ3) is 2.92. The molecule has 0 aromatic carbocycles. The Hall–Kier alpha value is -0.220. The van der Waals surface area contributed by atoms with Crippen LogP contribution in [0, 0.1) is 0 Å². The van der Waals surface area contributed by atoms with Gasteiger partial charge in [-0.1, -0.05) is 19.8 Å². The molecule has 1 heterocycles. The Labute approximate surface area is 102 Å². The van der Waals surface area contributed by atoms with E-state index >= 15 is 0 Å². The fraction of sp³-hybridized carbons (Fsp3) is 0.917. The van der Waals surface area contributed by atoms with Crippen molar-refractivity contribution in [3.8, 4) is 0 Å². The molecule has 1 aliphatic carbocycles. The van der Waals surface area contributed by atoms with Crippen LogP contribution in [0.3, 0.4) is 0 Å². The van der Waals surface area contributed by atoms with Crippen LogP contribution in [0.1, 0.15) is 39.0 Å². The lowest BCUT2D eigenvalue weighted by Crippen LogP contribution is -2.45. The second-order valence-electron chi connectivity index (χ2n) is 5.04. The van der Waals surface area contributed by atoms with E-state index in [1.807, 2.05) is 11.8 Å². The largest absolute Gasteiger partial charge is 0.480 e. The number of carboxylic acid groups (broad SMARTS) is 1. The maximum absolute atomic E-state index is 11.0. The Bertz CT molecular complexity index is 253. The predicted octanol–water partition coefficient (Wildman–Crippen LogP) is 2.21. The molecule has 0 amide bonds. The molecule has 2 aliphatic rings. The summed E-state index contributed by atoms with van der Waals surface area (Å²) in [5.41, 5.74) is 0. The van der Waals surface area contributed by atoms with Crippen LogP contribution < -0.4 is 0 Å². The van der Waals surface area contributed by atoms with Crippen LogP contribution in [0.4, 0.5) is 0 Å². The van der Waals surface area contributed by atoms with Crippen molar-refractivity contribution in [2.75, 3.05) is 12.3 Å². The van der Waals surface area contributed by atoms with Crippen molar-refractivity contribution in [1.29, 1.82) is 0 Å². The van der Waals surface area contributed by atoms with E-state index in [2.05, 4.69) is 11.8 Å². The molecule has 92 valence electrons. The molecule has 3 nitrogen and oxygen atoms in total. The average molecular weight is 243 g/mol. The van der Waals surface area contributed by atoms with E-state index in [-0.39, 0.29) is 6.54 Å². The lowest BCUT2D eigenvalue weighted by Gasteiger charge is -2.32. The molecule has 1 aliphatic heterocycles. The molecular formula is C12H21NO2S. The monoisotopic (exact) mass is 243 g/mol. The van der Waals surface area contributed by atoms with Crippen molar-refractivity contribution in [1.82, 2.24) is 4.90 Å². The molecule has 1 N–H and O–H groups in total. The van der Waals surface area contributed by atoms with E-state index in [0.717, 1.165) is 12.2 Å². The molecular weight excluding hydrogens is 222 g/mol. The summed E-state index contributed by atoms with van der Waals surface area (Å²) in [7, 11) is 0. The summed E-state index contributed by atoms with van der Waals surface area (Å²) in [6.07, 6.45) is 6.10. The van der Waals surface area contributed by atoms with E-state index in [0.29, 0.717) is 17.3 Å². The maximum atomic E-state index is 11.0. The normalized spacial score (nSPS) is 31.4. The Morgan fingerprint density at radius 2 is 2.06 bits per heavy atom. The lowest BCUT2D eigenvalue weighted by molar-refractivity contribution is -0.139. The maximum Gasteiger partial charge on any atom is 0.317 e. The fourth-order valence-electron chi connectivity index (χ4n) is 2.97. The first-order chi connectivity index (χ1) is 7.66. The molecule has 0 aromatic heterocycles. The van der Waals surface area contributed by atoms with Gasteiger partial charge in [-0.3, -0.25) is 9.69 Å². The van der Waals surface area contributed by atoms with Gasteiger partial charge in [0, 0.05) is 23.1 Å². The summed E-state index contributed by atoms with van der Waals surface area (Å²) in [5.74, 6) is 0.446. The smallest absolute Gasteiger partial charge is 0.317 e. The zero-order chi connectivity index (χ0) is 11.5. The Morgan fingerprint density at radius 1 is 1.38 bits per heavy atom. The molecule has 0 spiro atoms. The fourth-order valence-corrected chi connectivity index (χ4v) is 4.21. The first-order valence-electron chi connectivity index (χ1n) is 6.26. The quantitative estimate of drug-likeness (QED) is 0.822. The van der Waals surface area contributed by atoms with Gasteiger partial charge in [0.2, 0.25) is 0 Å². The number of carbonyl (C=O) groups is 1. The van der Waals surface area contributed by atoms with E-state index < -0.39 is 5.97 Å². The first kappa shape index (κ1) is 12.2. The minimum Gasteiger partial charge on any atom is -0.480 e. The highest BCUT2D eigenvalue weighted by molar-refractivity contribution is 8.00. The molecule has 2 atom stereocenters. The van der Waals surface area contributed by atoms with Gasteiger partial charge >= 0.3 is 5.97 Å². The summed E-state index contributed by atoms with van der Waals surface area (Å²) in [5, 5.41) is 9.72. The van der Waals surface area contributed by atoms with Crippen molar-refractivity contribution in [2.24, 2.45) is 0 Å². The third-order valence-electron chi connectivity index (χ3n) is 3.76. The predicted molar refractivity (Wildman–Crippen MR) is 66.9 cm³/mol. The van der Waals surface area contributed by atoms with Crippen molar-refractivity contribution in [3.63, 3.8) is 0 Å². The zero-order valence-electron chi connectivity index (χ0n) is 9.89. The van der Waals surface area contributed by atoms with Crippen molar-refractivity contribution in [3.05, 3.63) is 0 Å². The number of nitrogens with zero attached hydrogens (tertiary/aromatic N) is 1. The molecule has 1 saturated heterocycles. The van der Waals surface area contributed by atoms with Gasteiger partial charge in [-0.15, -0.1) is 0 Å². The molecule has 0 bridgehead atoms. The highest BCUT2D eigenvalue weighted by Crippen LogP contribution is 2.33. The molecule has 1 saturated carbocycles.